The number of ether oxygens (including phenoxy) is 1. The minimum Gasteiger partial charge on any atom is -0.505 e. The SMILES string of the molecule is COc1ccc(C2/C(=C(\O)c3nc4c(C)cccn4c3C)C(=O)C(=O)N2c2nnc(SCc3ccc(Cl)cc3)s2)cc1. The van der Waals surface area contributed by atoms with Crippen LogP contribution in [0.15, 0.2) is 76.8 Å². The molecular weight excluding hydrogens is 594 g/mol. The van der Waals surface area contributed by atoms with Gasteiger partial charge in [0.05, 0.1) is 24.4 Å². The summed E-state index contributed by atoms with van der Waals surface area (Å²) >= 11 is 8.66. The van der Waals surface area contributed by atoms with Gasteiger partial charge in [0.15, 0.2) is 10.1 Å². The number of aliphatic hydroxyl groups excluding tert-OH is 1. The number of aliphatic hydroxyl groups is 1. The van der Waals surface area contributed by atoms with E-state index in [1.807, 2.05) is 60.8 Å². The highest BCUT2D eigenvalue weighted by Gasteiger charge is 2.48. The number of Topliss-reactive ketones (excluding diaryl/α,β-unsaturated/α-hetero) is 1. The maximum absolute atomic E-state index is 13.6. The van der Waals surface area contributed by atoms with Crippen molar-refractivity contribution in [2.45, 2.75) is 30.0 Å². The Labute approximate surface area is 254 Å². The van der Waals surface area contributed by atoms with Crippen molar-refractivity contribution in [3.63, 3.8) is 0 Å². The Morgan fingerprint density at radius 3 is 2.50 bits per heavy atom. The first kappa shape index (κ1) is 28.0. The maximum atomic E-state index is 13.6. The zero-order valence-electron chi connectivity index (χ0n) is 22.7. The van der Waals surface area contributed by atoms with Gasteiger partial charge in [-0.1, -0.05) is 65.0 Å². The molecule has 0 radical (unpaired) electrons. The highest BCUT2D eigenvalue weighted by molar-refractivity contribution is 8.00. The van der Waals surface area contributed by atoms with Crippen molar-refractivity contribution >= 4 is 62.9 Å². The van der Waals surface area contributed by atoms with Gasteiger partial charge in [-0.3, -0.25) is 14.5 Å². The van der Waals surface area contributed by atoms with Crippen molar-refractivity contribution in [2.24, 2.45) is 0 Å². The minimum absolute atomic E-state index is 0.0695. The van der Waals surface area contributed by atoms with Crippen LogP contribution in [0, 0.1) is 13.8 Å². The third kappa shape index (κ3) is 4.93. The molecule has 1 fully saturated rings. The normalized spacial score (nSPS) is 16.5. The fourth-order valence-electron chi connectivity index (χ4n) is 4.89. The summed E-state index contributed by atoms with van der Waals surface area (Å²) in [7, 11) is 1.56. The van der Waals surface area contributed by atoms with Gasteiger partial charge in [0.25, 0.3) is 5.78 Å². The Hall–Kier alpha value is -4.19. The lowest BCUT2D eigenvalue weighted by Gasteiger charge is -2.22. The van der Waals surface area contributed by atoms with Gasteiger partial charge >= 0.3 is 5.91 Å². The largest absolute Gasteiger partial charge is 0.505 e. The second kappa shape index (κ2) is 11.2. The number of carbonyl (C=O) groups is 2. The molecule has 1 aliphatic rings. The summed E-state index contributed by atoms with van der Waals surface area (Å²) in [6.45, 7) is 3.72. The van der Waals surface area contributed by atoms with Crippen molar-refractivity contribution in [1.29, 1.82) is 0 Å². The van der Waals surface area contributed by atoms with Gasteiger partial charge in [-0.05, 0) is 60.9 Å². The standard InChI is InChI=1S/C30H24ClN5O4S2/c1-16-5-4-14-35-17(2)23(32-27(16)35)25(37)22-24(19-8-12-21(40-3)13-9-19)36(28(39)26(22)38)29-33-34-30(42-29)41-15-18-6-10-20(31)11-7-18/h4-14,24,37H,15H2,1-3H3/b25-22+. The molecule has 1 amide bonds. The average molecular weight is 618 g/mol. The summed E-state index contributed by atoms with van der Waals surface area (Å²) in [4.78, 5) is 33.2. The Morgan fingerprint density at radius 2 is 1.81 bits per heavy atom. The molecule has 0 saturated carbocycles. The number of hydrogen-bond donors (Lipinski definition) is 1. The summed E-state index contributed by atoms with van der Waals surface area (Å²) in [5, 5.41) is 21.1. The first-order chi connectivity index (χ1) is 20.3. The Morgan fingerprint density at radius 1 is 1.07 bits per heavy atom. The summed E-state index contributed by atoms with van der Waals surface area (Å²) in [6, 6.07) is 17.3. The van der Waals surface area contributed by atoms with E-state index >= 15 is 0 Å². The van der Waals surface area contributed by atoms with Crippen LogP contribution in [-0.2, 0) is 15.3 Å². The van der Waals surface area contributed by atoms with Gasteiger partial charge in [0.2, 0.25) is 5.13 Å². The third-order valence-corrected chi connectivity index (χ3v) is 9.44. The van der Waals surface area contributed by atoms with Crippen LogP contribution in [0.4, 0.5) is 5.13 Å². The number of anilines is 1. The van der Waals surface area contributed by atoms with Crippen LogP contribution in [0.3, 0.4) is 0 Å². The molecular formula is C30H24ClN5O4S2. The van der Waals surface area contributed by atoms with E-state index < -0.39 is 17.7 Å². The lowest BCUT2D eigenvalue weighted by atomic mass is 9.96. The molecule has 1 saturated heterocycles. The van der Waals surface area contributed by atoms with Gasteiger partial charge in [-0.2, -0.15) is 0 Å². The van der Waals surface area contributed by atoms with Crippen LogP contribution >= 0.6 is 34.7 Å². The number of aryl methyl sites for hydroxylation is 2. The van der Waals surface area contributed by atoms with Crippen LogP contribution in [0.1, 0.15) is 34.1 Å². The number of imidazole rings is 1. The predicted molar refractivity (Wildman–Crippen MR) is 163 cm³/mol. The average Bonchev–Trinajstić information content (AvgIpc) is 3.68. The lowest BCUT2D eigenvalue weighted by molar-refractivity contribution is -0.132. The molecule has 42 heavy (non-hydrogen) atoms. The van der Waals surface area contributed by atoms with Gasteiger partial charge < -0.3 is 14.2 Å². The molecule has 6 rings (SSSR count). The van der Waals surface area contributed by atoms with Crippen molar-refractivity contribution in [3.8, 4) is 5.75 Å². The van der Waals surface area contributed by atoms with Crippen LogP contribution < -0.4 is 9.64 Å². The first-order valence-electron chi connectivity index (χ1n) is 12.9. The molecule has 1 atom stereocenters. The topological polar surface area (TPSA) is 110 Å². The molecule has 9 nitrogen and oxygen atoms in total. The number of rotatable bonds is 7. The molecule has 1 unspecified atom stereocenters. The number of fused-ring (bicyclic) bond motifs is 1. The fraction of sp³-hybridized carbons (Fsp3) is 0.167. The van der Waals surface area contributed by atoms with Gasteiger partial charge in [0, 0.05) is 17.0 Å². The minimum atomic E-state index is -0.955. The molecule has 2 aromatic carbocycles. The monoisotopic (exact) mass is 617 g/mol. The number of amides is 1. The van der Waals surface area contributed by atoms with Crippen molar-refractivity contribution < 1.29 is 19.4 Å². The van der Waals surface area contributed by atoms with E-state index in [9.17, 15) is 14.7 Å². The van der Waals surface area contributed by atoms with Crippen LogP contribution in [-0.4, -0.2) is 43.5 Å². The van der Waals surface area contributed by atoms with Crippen LogP contribution in [0.25, 0.3) is 11.4 Å². The van der Waals surface area contributed by atoms with Crippen molar-refractivity contribution in [2.75, 3.05) is 12.0 Å². The van der Waals surface area contributed by atoms with Crippen molar-refractivity contribution in [1.82, 2.24) is 19.6 Å². The smallest absolute Gasteiger partial charge is 0.301 e. The molecule has 1 N–H and O–H groups in total. The molecule has 5 aromatic rings. The molecule has 0 aliphatic carbocycles. The van der Waals surface area contributed by atoms with E-state index in [1.54, 1.807) is 31.4 Å². The third-order valence-electron chi connectivity index (χ3n) is 7.06. The number of aromatic nitrogens is 4. The number of pyridine rings is 1. The Kier molecular flexibility index (Phi) is 7.48. The second-order valence-electron chi connectivity index (χ2n) is 9.64. The summed E-state index contributed by atoms with van der Waals surface area (Å²) < 4.78 is 7.78. The maximum Gasteiger partial charge on any atom is 0.301 e. The zero-order chi connectivity index (χ0) is 29.5. The quantitative estimate of drug-likeness (QED) is 0.0736. The highest BCUT2D eigenvalue weighted by Crippen LogP contribution is 2.44. The molecule has 0 bridgehead atoms. The van der Waals surface area contributed by atoms with Crippen LogP contribution in [0.2, 0.25) is 5.02 Å². The first-order valence-corrected chi connectivity index (χ1v) is 15.0. The number of carbonyl (C=O) groups excluding carboxylic acids is 2. The number of benzene rings is 2. The molecule has 0 spiro atoms. The number of thioether (sulfide) groups is 1. The lowest BCUT2D eigenvalue weighted by Crippen LogP contribution is -2.29. The number of halogens is 1. The van der Waals surface area contributed by atoms with Gasteiger partial charge in [-0.25, -0.2) is 4.98 Å². The Bertz CT molecular complexity index is 1870. The fourth-order valence-corrected chi connectivity index (χ4v) is 6.84. The second-order valence-corrected chi connectivity index (χ2v) is 12.3. The highest BCUT2D eigenvalue weighted by atomic mass is 35.5. The van der Waals surface area contributed by atoms with E-state index in [0.29, 0.717) is 37.8 Å². The zero-order valence-corrected chi connectivity index (χ0v) is 25.1. The number of nitrogens with zero attached hydrogens (tertiary/aromatic N) is 5. The van der Waals surface area contributed by atoms with E-state index in [1.165, 1.54) is 28.0 Å². The number of ketones is 1. The summed E-state index contributed by atoms with van der Waals surface area (Å²) in [5.74, 6) is -0.746. The summed E-state index contributed by atoms with van der Waals surface area (Å²) in [5.41, 5.74) is 4.01. The molecule has 4 heterocycles. The number of hydrogen-bond acceptors (Lipinski definition) is 9. The molecule has 212 valence electrons. The van der Waals surface area contributed by atoms with E-state index in [4.69, 9.17) is 16.3 Å². The molecule has 12 heteroatoms. The van der Waals surface area contributed by atoms with Crippen LogP contribution in [0.5, 0.6) is 5.75 Å². The van der Waals surface area contributed by atoms with Gasteiger partial charge in [-0.15, -0.1) is 10.2 Å². The predicted octanol–water partition coefficient (Wildman–Crippen LogP) is 6.38. The summed E-state index contributed by atoms with van der Waals surface area (Å²) in [6.07, 6.45) is 1.84. The molecule has 1 aliphatic heterocycles. The Balaban J connectivity index is 1.43. The van der Waals surface area contributed by atoms with E-state index in [0.717, 1.165) is 11.1 Å². The van der Waals surface area contributed by atoms with Crippen molar-refractivity contribution in [3.05, 3.63) is 106 Å². The number of methoxy groups -OCH3 is 1. The van der Waals surface area contributed by atoms with E-state index in [2.05, 4.69) is 15.2 Å². The van der Waals surface area contributed by atoms with Gasteiger partial charge in [0.1, 0.15) is 17.1 Å². The van der Waals surface area contributed by atoms with E-state index in [-0.39, 0.29) is 22.2 Å². The molecule has 3 aromatic heterocycles.